The number of hydrogen-bond acceptors (Lipinski definition) is 3. The third kappa shape index (κ3) is 3.24. The maximum absolute atomic E-state index is 14.0. The van der Waals surface area contributed by atoms with Crippen molar-refractivity contribution < 1.29 is 18.3 Å². The maximum Gasteiger partial charge on any atom is 0.256 e. The predicted octanol–water partition coefficient (Wildman–Crippen LogP) is 4.17. The normalized spacial score (nSPS) is 15.9. The molecule has 0 radical (unpaired) electrons. The molecular weight excluding hydrogens is 472 g/mol. The van der Waals surface area contributed by atoms with Crippen LogP contribution in [-0.4, -0.2) is 33.8 Å². The van der Waals surface area contributed by atoms with Crippen LogP contribution in [-0.2, 0) is 11.3 Å². The van der Waals surface area contributed by atoms with Gasteiger partial charge < -0.3 is 19.0 Å². The molecule has 5 rings (SSSR count). The second-order valence-corrected chi connectivity index (χ2v) is 8.43. The lowest BCUT2D eigenvalue weighted by Crippen LogP contribution is -2.37. The molecule has 158 valence electrons. The number of aromatic nitrogens is 2. The number of likely N-dealkylation sites (N-methyl/N-ethyl adjacent to an activating group) is 1. The summed E-state index contributed by atoms with van der Waals surface area (Å²) in [5.74, 6) is -2.41. The van der Waals surface area contributed by atoms with E-state index in [2.05, 4.69) is 20.9 Å². The lowest BCUT2D eigenvalue weighted by molar-refractivity contribution is 0.0336. The van der Waals surface area contributed by atoms with Crippen molar-refractivity contribution in [3.05, 3.63) is 86.0 Å². The standard InChI is InChI=1S/C22H16BrF2N3O3/c1-27(22(30)11-4-13-3-2-12(23)8-28(13)7-11)19-10-31-9-18-20(19)14-5-16(24)17(25)6-15(14)21(29)26-18/h2-8,19H,9-10H2,1H3,(H,26,29)/t19-/m0/s1. The quantitative estimate of drug-likeness (QED) is 0.461. The Morgan fingerprint density at radius 2 is 1.94 bits per heavy atom. The molecule has 0 unspecified atom stereocenters. The third-order valence-electron chi connectivity index (χ3n) is 5.63. The highest BCUT2D eigenvalue weighted by Gasteiger charge is 2.31. The van der Waals surface area contributed by atoms with Crippen LogP contribution in [0.2, 0.25) is 0 Å². The van der Waals surface area contributed by atoms with Crippen molar-refractivity contribution in [2.45, 2.75) is 12.6 Å². The number of nitrogens with one attached hydrogen (secondary N) is 1. The largest absolute Gasteiger partial charge is 0.373 e. The number of pyridine rings is 2. The molecule has 4 aromatic rings. The molecule has 0 aliphatic carbocycles. The number of rotatable bonds is 2. The van der Waals surface area contributed by atoms with Gasteiger partial charge in [-0.15, -0.1) is 0 Å². The van der Waals surface area contributed by atoms with Gasteiger partial charge in [0, 0.05) is 40.7 Å². The Labute approximate surface area is 183 Å². The zero-order valence-electron chi connectivity index (χ0n) is 16.3. The predicted molar refractivity (Wildman–Crippen MR) is 114 cm³/mol. The van der Waals surface area contributed by atoms with Gasteiger partial charge in [-0.05, 0) is 51.6 Å². The molecule has 0 spiro atoms. The van der Waals surface area contributed by atoms with Crippen LogP contribution in [0.3, 0.4) is 0 Å². The molecule has 1 aliphatic rings. The minimum Gasteiger partial charge on any atom is -0.373 e. The van der Waals surface area contributed by atoms with E-state index in [0.717, 1.165) is 22.1 Å². The maximum atomic E-state index is 14.0. The van der Waals surface area contributed by atoms with Gasteiger partial charge in [0.1, 0.15) is 0 Å². The van der Waals surface area contributed by atoms with E-state index in [1.807, 2.05) is 22.7 Å². The second-order valence-electron chi connectivity index (χ2n) is 7.51. The number of carbonyl (C=O) groups excluding carboxylic acids is 1. The van der Waals surface area contributed by atoms with E-state index in [0.29, 0.717) is 16.8 Å². The van der Waals surface area contributed by atoms with Gasteiger partial charge in [-0.2, -0.15) is 0 Å². The van der Waals surface area contributed by atoms with Crippen LogP contribution in [0.5, 0.6) is 0 Å². The molecule has 0 bridgehead atoms. The topological polar surface area (TPSA) is 66.8 Å². The van der Waals surface area contributed by atoms with Crippen molar-refractivity contribution in [2.75, 3.05) is 13.7 Å². The molecule has 1 aromatic carbocycles. The highest BCUT2D eigenvalue weighted by Crippen LogP contribution is 2.34. The van der Waals surface area contributed by atoms with Gasteiger partial charge in [-0.25, -0.2) is 8.78 Å². The number of halogens is 3. The van der Waals surface area contributed by atoms with Gasteiger partial charge in [-0.1, -0.05) is 0 Å². The summed E-state index contributed by atoms with van der Waals surface area (Å²) in [6, 6.07) is 6.85. The summed E-state index contributed by atoms with van der Waals surface area (Å²) < 4.78 is 36.1. The summed E-state index contributed by atoms with van der Waals surface area (Å²) in [5, 5.41) is 0.307. The van der Waals surface area contributed by atoms with Crippen molar-refractivity contribution in [3.8, 4) is 0 Å². The summed E-state index contributed by atoms with van der Waals surface area (Å²) in [6.45, 7) is 0.274. The van der Waals surface area contributed by atoms with Crippen molar-refractivity contribution in [1.82, 2.24) is 14.3 Å². The number of aromatic amines is 1. The van der Waals surface area contributed by atoms with Crippen molar-refractivity contribution in [3.63, 3.8) is 0 Å². The lowest BCUT2D eigenvalue weighted by atomic mass is 9.95. The molecule has 6 nitrogen and oxygen atoms in total. The zero-order valence-corrected chi connectivity index (χ0v) is 17.9. The first-order valence-corrected chi connectivity index (χ1v) is 10.3. The fourth-order valence-corrected chi connectivity index (χ4v) is 4.44. The summed E-state index contributed by atoms with van der Waals surface area (Å²) in [7, 11) is 1.63. The number of hydrogen-bond donors (Lipinski definition) is 1. The second kappa shape index (κ2) is 7.28. The summed E-state index contributed by atoms with van der Waals surface area (Å²) >= 11 is 3.41. The SMILES string of the molecule is CN(C(=O)c1cc2ccc(Br)cn2c1)[C@H]1COCc2[nH]c(=O)c3cc(F)c(F)cc3c21. The minimum atomic E-state index is -1.10. The smallest absolute Gasteiger partial charge is 0.256 e. The van der Waals surface area contributed by atoms with Crippen molar-refractivity contribution in [2.24, 2.45) is 0 Å². The van der Waals surface area contributed by atoms with Crippen LogP contribution in [0.15, 0.2) is 52.0 Å². The fraction of sp³-hybridized carbons (Fsp3) is 0.182. The van der Waals surface area contributed by atoms with Crippen LogP contribution in [0.4, 0.5) is 8.78 Å². The number of H-pyrrole nitrogens is 1. The Morgan fingerprint density at radius 3 is 2.71 bits per heavy atom. The number of amides is 1. The molecule has 1 aliphatic heterocycles. The van der Waals surface area contributed by atoms with E-state index < -0.39 is 23.2 Å². The highest BCUT2D eigenvalue weighted by atomic mass is 79.9. The molecule has 3 aromatic heterocycles. The first-order chi connectivity index (χ1) is 14.8. The molecule has 9 heteroatoms. The van der Waals surface area contributed by atoms with E-state index >= 15 is 0 Å². The molecule has 1 atom stereocenters. The van der Waals surface area contributed by atoms with E-state index in [1.54, 1.807) is 19.3 Å². The molecule has 1 N–H and O–H groups in total. The zero-order chi connectivity index (χ0) is 21.9. The summed E-state index contributed by atoms with van der Waals surface area (Å²) in [5.41, 5.74) is 1.80. The van der Waals surface area contributed by atoms with Gasteiger partial charge >= 0.3 is 0 Å². The Hall–Kier alpha value is -3.04. The monoisotopic (exact) mass is 487 g/mol. The van der Waals surface area contributed by atoms with E-state index in [4.69, 9.17) is 4.74 Å². The van der Waals surface area contributed by atoms with Crippen LogP contribution < -0.4 is 5.56 Å². The van der Waals surface area contributed by atoms with Crippen LogP contribution in [0.1, 0.15) is 27.7 Å². The average Bonchev–Trinajstić information content (AvgIpc) is 3.17. The number of benzene rings is 1. The Balaban J connectivity index is 1.61. The van der Waals surface area contributed by atoms with Crippen molar-refractivity contribution in [1.29, 1.82) is 0 Å². The third-order valence-corrected chi connectivity index (χ3v) is 6.10. The molecule has 0 saturated carbocycles. The number of fused-ring (bicyclic) bond motifs is 4. The van der Waals surface area contributed by atoms with Gasteiger partial charge in [0.05, 0.1) is 30.2 Å². The first kappa shape index (κ1) is 19.9. The van der Waals surface area contributed by atoms with E-state index in [1.165, 1.54) is 4.90 Å². The molecule has 31 heavy (non-hydrogen) atoms. The fourth-order valence-electron chi connectivity index (χ4n) is 4.09. The molecule has 4 heterocycles. The Kier molecular flexibility index (Phi) is 4.67. The van der Waals surface area contributed by atoms with Gasteiger partial charge in [0.25, 0.3) is 11.5 Å². The van der Waals surface area contributed by atoms with Crippen LogP contribution in [0, 0.1) is 11.6 Å². The molecular formula is C22H16BrF2N3O3. The van der Waals surface area contributed by atoms with Crippen molar-refractivity contribution >= 4 is 38.1 Å². The molecule has 0 saturated heterocycles. The number of ether oxygens (including phenoxy) is 1. The minimum absolute atomic E-state index is 0.0323. The summed E-state index contributed by atoms with van der Waals surface area (Å²) in [6.07, 6.45) is 3.57. The summed E-state index contributed by atoms with van der Waals surface area (Å²) in [4.78, 5) is 29.8. The number of nitrogens with zero attached hydrogens (tertiary/aromatic N) is 2. The molecule has 0 fully saturated rings. The van der Waals surface area contributed by atoms with Crippen LogP contribution in [0.25, 0.3) is 16.3 Å². The van der Waals surface area contributed by atoms with Crippen LogP contribution >= 0.6 is 15.9 Å². The van der Waals surface area contributed by atoms with Gasteiger partial charge in [-0.3, -0.25) is 9.59 Å². The molecule has 1 amide bonds. The van der Waals surface area contributed by atoms with Gasteiger partial charge in [0.2, 0.25) is 0 Å². The van der Waals surface area contributed by atoms with E-state index in [9.17, 15) is 18.4 Å². The first-order valence-electron chi connectivity index (χ1n) is 9.49. The highest BCUT2D eigenvalue weighted by molar-refractivity contribution is 9.10. The Morgan fingerprint density at radius 1 is 1.19 bits per heavy atom. The Bertz CT molecular complexity index is 1430. The van der Waals surface area contributed by atoms with E-state index in [-0.39, 0.29) is 29.9 Å². The van der Waals surface area contributed by atoms with Gasteiger partial charge in [0.15, 0.2) is 11.6 Å². The lowest BCUT2D eigenvalue weighted by Gasteiger charge is -2.33. The average molecular weight is 488 g/mol. The number of carbonyl (C=O) groups is 1.